The van der Waals surface area contributed by atoms with E-state index in [0.717, 1.165) is 27.7 Å². The molecule has 5 aromatic rings. The van der Waals surface area contributed by atoms with Crippen LogP contribution in [0.1, 0.15) is 27.7 Å². The number of aromatic nitrogens is 3. The highest BCUT2D eigenvalue weighted by molar-refractivity contribution is 6.02. The highest BCUT2D eigenvalue weighted by atomic mass is 19.1. The zero-order chi connectivity index (χ0) is 27.1. The molecule has 0 spiro atoms. The Labute approximate surface area is 224 Å². The van der Waals surface area contributed by atoms with Gasteiger partial charge in [-0.05, 0) is 62.0 Å². The molecule has 1 aliphatic rings. The predicted octanol–water partition coefficient (Wildman–Crippen LogP) is 5.43. The van der Waals surface area contributed by atoms with Gasteiger partial charge in [-0.2, -0.15) is 5.10 Å². The third kappa shape index (κ3) is 4.56. The van der Waals surface area contributed by atoms with Crippen LogP contribution in [0.5, 0.6) is 11.5 Å². The van der Waals surface area contributed by atoms with Gasteiger partial charge in [-0.15, -0.1) is 0 Å². The number of Topliss-reactive ketones (excluding diaryl/α,β-unsaturated/α-hetero) is 1. The van der Waals surface area contributed by atoms with Gasteiger partial charge in [-0.1, -0.05) is 30.3 Å². The Hall–Kier alpha value is -4.47. The summed E-state index contributed by atoms with van der Waals surface area (Å²) in [6.45, 7) is 2.59. The lowest BCUT2D eigenvalue weighted by Gasteiger charge is -2.38. The van der Waals surface area contributed by atoms with Gasteiger partial charge in [-0.25, -0.2) is 9.07 Å². The summed E-state index contributed by atoms with van der Waals surface area (Å²) in [6, 6.07) is 20.6. The number of benzene rings is 3. The van der Waals surface area contributed by atoms with E-state index >= 15 is 0 Å². The van der Waals surface area contributed by atoms with E-state index in [9.17, 15) is 9.18 Å². The van der Waals surface area contributed by atoms with E-state index in [2.05, 4.69) is 10.1 Å². The van der Waals surface area contributed by atoms with E-state index < -0.39 is 11.9 Å². The molecule has 1 aliphatic heterocycles. The number of anilines is 1. The van der Waals surface area contributed by atoms with E-state index in [0.29, 0.717) is 23.9 Å². The summed E-state index contributed by atoms with van der Waals surface area (Å²) in [6.07, 6.45) is 1.72. The van der Waals surface area contributed by atoms with Crippen LogP contribution >= 0.6 is 0 Å². The van der Waals surface area contributed by atoms with Crippen LogP contribution in [0.15, 0.2) is 79.0 Å². The van der Waals surface area contributed by atoms with Gasteiger partial charge in [0, 0.05) is 16.5 Å². The lowest BCUT2D eigenvalue weighted by atomic mass is 10.0. The largest absolute Gasteiger partial charge is 0.454 e. The van der Waals surface area contributed by atoms with Crippen LogP contribution in [0.2, 0.25) is 0 Å². The molecule has 1 saturated heterocycles. The summed E-state index contributed by atoms with van der Waals surface area (Å²) in [7, 11) is 1.91. The number of ether oxygens (including phenoxy) is 2. The van der Waals surface area contributed by atoms with Gasteiger partial charge in [0.25, 0.3) is 0 Å². The third-order valence-corrected chi connectivity index (χ3v) is 7.29. The number of nitrogens with one attached hydrogen (secondary N) is 1. The second-order valence-corrected chi connectivity index (χ2v) is 9.75. The Morgan fingerprint density at radius 3 is 2.69 bits per heavy atom. The van der Waals surface area contributed by atoms with Crippen LogP contribution < -0.4 is 10.5 Å². The molecule has 39 heavy (non-hydrogen) atoms. The first-order valence-electron chi connectivity index (χ1n) is 12.7. The minimum atomic E-state index is -0.476. The quantitative estimate of drug-likeness (QED) is 0.287. The number of nitrogens with two attached hydrogens (primary N) is 1. The Morgan fingerprint density at radius 1 is 1.10 bits per heavy atom. The number of aryl methyl sites for hydroxylation is 1. The number of nitrogen functional groups attached to an aromatic ring is 1. The molecule has 198 valence electrons. The normalized spacial score (nSPS) is 17.9. The lowest BCUT2D eigenvalue weighted by Crippen LogP contribution is -2.49. The first-order valence-corrected chi connectivity index (χ1v) is 12.7. The summed E-state index contributed by atoms with van der Waals surface area (Å²) in [5.74, 6) is 0.652. The number of ketones is 1. The van der Waals surface area contributed by atoms with Crippen molar-refractivity contribution in [2.75, 3.05) is 26.0 Å². The van der Waals surface area contributed by atoms with E-state index in [1.807, 2.05) is 61.3 Å². The summed E-state index contributed by atoms with van der Waals surface area (Å²) < 4.78 is 27.3. The number of carbonyl (C=O) groups excluding carboxylic acids is 1. The molecule has 2 atom stereocenters. The van der Waals surface area contributed by atoms with E-state index in [-0.39, 0.29) is 24.2 Å². The molecule has 0 radical (unpaired) electrons. The highest BCUT2D eigenvalue weighted by Gasteiger charge is 2.37. The Balaban J connectivity index is 1.24. The van der Waals surface area contributed by atoms with Crippen LogP contribution in [0.3, 0.4) is 0 Å². The van der Waals surface area contributed by atoms with Crippen molar-refractivity contribution in [1.29, 1.82) is 0 Å². The van der Waals surface area contributed by atoms with Crippen molar-refractivity contribution >= 4 is 22.5 Å². The fourth-order valence-corrected chi connectivity index (χ4v) is 5.10. The van der Waals surface area contributed by atoms with Crippen molar-refractivity contribution in [2.45, 2.75) is 19.0 Å². The van der Waals surface area contributed by atoms with Gasteiger partial charge in [0.05, 0.1) is 42.9 Å². The number of morpholine rings is 1. The molecule has 8 nitrogen and oxygen atoms in total. The molecule has 0 saturated carbocycles. The zero-order valence-corrected chi connectivity index (χ0v) is 21.6. The summed E-state index contributed by atoms with van der Waals surface area (Å²) in [4.78, 5) is 18.7. The maximum absolute atomic E-state index is 14.0. The molecule has 3 aromatic carbocycles. The number of nitrogens with zero attached hydrogens (tertiary/aromatic N) is 3. The molecule has 3 heterocycles. The number of rotatable bonds is 6. The monoisotopic (exact) mass is 525 g/mol. The minimum absolute atomic E-state index is 0.0364. The molecule has 0 amide bonds. The molecule has 0 bridgehead atoms. The maximum Gasteiger partial charge on any atom is 0.198 e. The van der Waals surface area contributed by atoms with Gasteiger partial charge in [0.1, 0.15) is 11.6 Å². The van der Waals surface area contributed by atoms with Crippen molar-refractivity contribution in [2.24, 2.45) is 0 Å². The van der Waals surface area contributed by atoms with Crippen molar-refractivity contribution in [3.05, 3.63) is 102 Å². The molecule has 9 heteroatoms. The average Bonchev–Trinajstić information content (AvgIpc) is 3.54. The van der Waals surface area contributed by atoms with Crippen LogP contribution in [-0.2, 0) is 4.74 Å². The first-order chi connectivity index (χ1) is 18.9. The number of likely N-dealkylation sites (N-methyl/N-ethyl adjacent to an activating group) is 1. The van der Waals surface area contributed by atoms with Crippen LogP contribution in [0.25, 0.3) is 16.6 Å². The fourth-order valence-electron chi connectivity index (χ4n) is 5.10. The molecular formula is C30H28FN5O3. The van der Waals surface area contributed by atoms with E-state index in [1.54, 1.807) is 35.1 Å². The standard InChI is InChI=1S/C30H28FN5O3/c1-18-13-20(39-28-10-6-4-8-22(28)31)11-12-25(18)36-30(32)21(15-33-36)26-16-38-17-27(35(26)2)29(37)24-14-19-7-3-5-9-23(19)34-24/h3-15,26-27,34H,16-17,32H2,1-2H3. The number of para-hydroxylation sites is 2. The van der Waals surface area contributed by atoms with Gasteiger partial charge >= 0.3 is 0 Å². The Kier molecular flexibility index (Phi) is 6.38. The molecule has 3 N–H and O–H groups in total. The number of aromatic amines is 1. The molecule has 2 unspecified atom stereocenters. The molecule has 6 rings (SSSR count). The Bertz CT molecular complexity index is 1640. The van der Waals surface area contributed by atoms with Gasteiger partial charge in [0.2, 0.25) is 0 Å². The van der Waals surface area contributed by atoms with Crippen LogP contribution in [-0.4, -0.2) is 51.8 Å². The molecule has 1 fully saturated rings. The van der Waals surface area contributed by atoms with Gasteiger partial charge in [-0.3, -0.25) is 9.69 Å². The summed E-state index contributed by atoms with van der Waals surface area (Å²) in [5.41, 5.74) is 10.5. The first kappa shape index (κ1) is 24.8. The van der Waals surface area contributed by atoms with Gasteiger partial charge < -0.3 is 20.2 Å². The van der Waals surface area contributed by atoms with Crippen molar-refractivity contribution in [1.82, 2.24) is 19.7 Å². The molecule has 0 aliphatic carbocycles. The lowest BCUT2D eigenvalue weighted by molar-refractivity contribution is -0.0277. The van der Waals surface area contributed by atoms with Crippen LogP contribution in [0, 0.1) is 12.7 Å². The number of fused-ring (bicyclic) bond motifs is 1. The maximum atomic E-state index is 14.0. The SMILES string of the molecule is Cc1cc(Oc2ccccc2F)ccc1-n1ncc(C2COCC(C(=O)c3cc4ccccc4[nH]3)N2C)c1N. The van der Waals surface area contributed by atoms with E-state index in [4.69, 9.17) is 15.2 Å². The highest BCUT2D eigenvalue weighted by Crippen LogP contribution is 2.34. The average molecular weight is 526 g/mol. The smallest absolute Gasteiger partial charge is 0.198 e. The topological polar surface area (TPSA) is 98.4 Å². The number of H-pyrrole nitrogens is 1. The van der Waals surface area contributed by atoms with Crippen molar-refractivity contribution in [3.8, 4) is 17.2 Å². The fraction of sp³-hybridized carbons (Fsp3) is 0.200. The number of hydrogen-bond acceptors (Lipinski definition) is 6. The van der Waals surface area contributed by atoms with Crippen molar-refractivity contribution in [3.63, 3.8) is 0 Å². The van der Waals surface area contributed by atoms with Gasteiger partial charge in [0.15, 0.2) is 17.3 Å². The number of halogens is 1. The number of carbonyl (C=O) groups is 1. The summed E-state index contributed by atoms with van der Waals surface area (Å²) >= 11 is 0. The molecule has 2 aromatic heterocycles. The van der Waals surface area contributed by atoms with Crippen molar-refractivity contribution < 1.29 is 18.7 Å². The second-order valence-electron chi connectivity index (χ2n) is 9.75. The Morgan fingerprint density at radius 2 is 1.90 bits per heavy atom. The van der Waals surface area contributed by atoms with E-state index in [1.165, 1.54) is 6.07 Å². The van der Waals surface area contributed by atoms with Crippen LogP contribution in [0.4, 0.5) is 10.2 Å². The minimum Gasteiger partial charge on any atom is -0.454 e. The predicted molar refractivity (Wildman–Crippen MR) is 147 cm³/mol. The molecular weight excluding hydrogens is 497 g/mol. The second kappa shape index (κ2) is 10.0. The third-order valence-electron chi connectivity index (χ3n) is 7.29. The number of hydrogen-bond donors (Lipinski definition) is 2. The summed E-state index contributed by atoms with van der Waals surface area (Å²) in [5, 5.41) is 5.55. The zero-order valence-electron chi connectivity index (χ0n) is 21.6.